The molecule has 0 aliphatic carbocycles. The van der Waals surface area contributed by atoms with E-state index in [1.54, 1.807) is 30.3 Å². The van der Waals surface area contributed by atoms with Crippen molar-refractivity contribution in [2.75, 3.05) is 0 Å². The van der Waals surface area contributed by atoms with Crippen LogP contribution >= 0.6 is 0 Å². The minimum Gasteiger partial charge on any atom is -0.501 e. The Morgan fingerprint density at radius 2 is 1.65 bits per heavy atom. The van der Waals surface area contributed by atoms with Crippen molar-refractivity contribution in [3.63, 3.8) is 0 Å². The molecule has 0 unspecified atom stereocenters. The lowest BCUT2D eigenvalue weighted by Crippen LogP contribution is -2.09. The average Bonchev–Trinajstić information content (AvgIpc) is 2.56. The molecular weight excluding hydrogens is 316 g/mol. The molecule has 0 heterocycles. The van der Waals surface area contributed by atoms with Crippen LogP contribution in [0.4, 0.5) is 5.69 Å². The van der Waals surface area contributed by atoms with E-state index < -0.39 is 10.1 Å². The summed E-state index contributed by atoms with van der Waals surface area (Å²) in [5.74, 6) is -0.182. The Balaban J connectivity index is 2.12. The Kier molecular flexibility index (Phi) is 3.60. The molecular formula is C16H11N2O4S+. The van der Waals surface area contributed by atoms with Crippen molar-refractivity contribution in [1.82, 2.24) is 0 Å². The standard InChI is InChI=1S/C16H10N2O4S/c17-18-14-10-9-12-13(16(14)19)7-4-8-15(12)22-23(20,21)11-5-2-1-3-6-11/h1-10H/p+1. The summed E-state index contributed by atoms with van der Waals surface area (Å²) in [4.78, 5) is 2.99. The van der Waals surface area contributed by atoms with Gasteiger partial charge in [0.25, 0.3) is 0 Å². The zero-order chi connectivity index (χ0) is 16.4. The van der Waals surface area contributed by atoms with Crippen LogP contribution in [-0.4, -0.2) is 13.5 Å². The predicted molar refractivity (Wildman–Crippen MR) is 84.6 cm³/mol. The van der Waals surface area contributed by atoms with Gasteiger partial charge in [0.1, 0.15) is 4.90 Å². The van der Waals surface area contributed by atoms with E-state index in [1.165, 1.54) is 30.3 Å². The molecule has 114 valence electrons. The van der Waals surface area contributed by atoms with Gasteiger partial charge >= 0.3 is 15.8 Å². The van der Waals surface area contributed by atoms with Gasteiger partial charge in [0.2, 0.25) is 11.1 Å². The summed E-state index contributed by atoms with van der Waals surface area (Å²) < 4.78 is 29.8. The Bertz CT molecular complexity index is 1030. The van der Waals surface area contributed by atoms with E-state index in [2.05, 4.69) is 4.98 Å². The summed E-state index contributed by atoms with van der Waals surface area (Å²) in [6.07, 6.45) is 0. The quantitative estimate of drug-likeness (QED) is 0.583. The molecule has 0 aliphatic heterocycles. The van der Waals surface area contributed by atoms with Crippen molar-refractivity contribution in [1.29, 1.82) is 5.39 Å². The summed E-state index contributed by atoms with van der Waals surface area (Å²) in [5.41, 5.74) is -0.0134. The van der Waals surface area contributed by atoms with Crippen molar-refractivity contribution < 1.29 is 17.7 Å². The molecule has 0 aliphatic rings. The second-order valence-corrected chi connectivity index (χ2v) is 6.28. The second-order valence-electron chi connectivity index (χ2n) is 4.74. The predicted octanol–water partition coefficient (Wildman–Crippen LogP) is 3.80. The molecule has 0 atom stereocenters. The maximum atomic E-state index is 12.3. The van der Waals surface area contributed by atoms with E-state index in [1.807, 2.05) is 0 Å². The first-order valence-electron chi connectivity index (χ1n) is 6.62. The van der Waals surface area contributed by atoms with Crippen molar-refractivity contribution in [3.8, 4) is 11.5 Å². The topological polar surface area (TPSA) is 91.8 Å². The van der Waals surface area contributed by atoms with Crippen molar-refractivity contribution >= 4 is 26.6 Å². The number of hydrogen-bond donors (Lipinski definition) is 1. The smallest absolute Gasteiger partial charge is 0.426 e. The molecule has 0 aromatic heterocycles. The maximum Gasteiger partial charge on any atom is 0.426 e. The lowest BCUT2D eigenvalue weighted by Gasteiger charge is -2.09. The van der Waals surface area contributed by atoms with Crippen LogP contribution in [0, 0.1) is 5.39 Å². The van der Waals surface area contributed by atoms with Gasteiger partial charge in [-0.2, -0.15) is 8.42 Å². The number of diazo groups is 1. The van der Waals surface area contributed by atoms with Crippen LogP contribution in [0.25, 0.3) is 15.7 Å². The van der Waals surface area contributed by atoms with Crippen LogP contribution < -0.4 is 4.18 Å². The number of hydrogen-bond acceptors (Lipinski definition) is 5. The SMILES string of the molecule is N#[N+]c1ccc2c(OS(=O)(=O)c3ccccc3)cccc2c1O. The fourth-order valence-corrected chi connectivity index (χ4v) is 3.18. The summed E-state index contributed by atoms with van der Waals surface area (Å²) in [7, 11) is -3.99. The van der Waals surface area contributed by atoms with Crippen molar-refractivity contribution in [2.45, 2.75) is 4.90 Å². The number of aromatic hydroxyl groups is 1. The van der Waals surface area contributed by atoms with Crippen molar-refractivity contribution in [3.05, 3.63) is 65.6 Å². The number of rotatable bonds is 3. The van der Waals surface area contributed by atoms with E-state index in [9.17, 15) is 13.5 Å². The molecule has 0 saturated carbocycles. The largest absolute Gasteiger partial charge is 0.501 e. The van der Waals surface area contributed by atoms with E-state index in [-0.39, 0.29) is 22.1 Å². The van der Waals surface area contributed by atoms with Gasteiger partial charge in [-0.1, -0.05) is 30.3 Å². The Labute approximate surface area is 132 Å². The first-order valence-corrected chi connectivity index (χ1v) is 8.03. The summed E-state index contributed by atoms with van der Waals surface area (Å²) >= 11 is 0. The average molecular weight is 327 g/mol. The van der Waals surface area contributed by atoms with Gasteiger partial charge in [-0.3, -0.25) is 0 Å². The van der Waals surface area contributed by atoms with Crippen molar-refractivity contribution in [2.24, 2.45) is 0 Å². The van der Waals surface area contributed by atoms with E-state index in [4.69, 9.17) is 9.58 Å². The van der Waals surface area contributed by atoms with Gasteiger partial charge < -0.3 is 9.29 Å². The molecule has 0 spiro atoms. The van der Waals surface area contributed by atoms with Gasteiger partial charge in [0.05, 0.1) is 0 Å². The maximum absolute atomic E-state index is 12.3. The Hall–Kier alpha value is -3.11. The zero-order valence-electron chi connectivity index (χ0n) is 11.7. The van der Waals surface area contributed by atoms with E-state index >= 15 is 0 Å². The highest BCUT2D eigenvalue weighted by molar-refractivity contribution is 7.87. The molecule has 7 heteroatoms. The van der Waals surface area contributed by atoms with E-state index in [0.717, 1.165) is 0 Å². The van der Waals surface area contributed by atoms with Gasteiger partial charge in [-0.05, 0) is 24.3 Å². The Morgan fingerprint density at radius 1 is 0.913 bits per heavy atom. The lowest BCUT2D eigenvalue weighted by molar-refractivity contribution is 0.481. The molecule has 3 aromatic carbocycles. The molecule has 0 amide bonds. The van der Waals surface area contributed by atoms with Crippen LogP contribution in [0.3, 0.4) is 0 Å². The summed E-state index contributed by atoms with van der Waals surface area (Å²) in [6, 6.07) is 15.2. The number of fused-ring (bicyclic) bond motifs is 1. The number of benzene rings is 3. The minimum atomic E-state index is -3.99. The summed E-state index contributed by atoms with van der Waals surface area (Å²) in [6.45, 7) is 0. The van der Waals surface area contributed by atoms with Crippen LogP contribution in [0.15, 0.2) is 65.6 Å². The molecule has 0 radical (unpaired) electrons. The van der Waals surface area contributed by atoms with Gasteiger partial charge in [-0.15, -0.1) is 0 Å². The summed E-state index contributed by atoms with van der Waals surface area (Å²) in [5, 5.41) is 19.6. The number of nitrogens with zero attached hydrogens (tertiary/aromatic N) is 2. The fourth-order valence-electron chi connectivity index (χ4n) is 2.21. The molecule has 0 fully saturated rings. The first-order chi connectivity index (χ1) is 11.0. The minimum absolute atomic E-state index is 0.0134. The molecule has 23 heavy (non-hydrogen) atoms. The van der Waals surface area contributed by atoms with Crippen LogP contribution in [-0.2, 0) is 10.1 Å². The second kappa shape index (κ2) is 5.59. The highest BCUT2D eigenvalue weighted by atomic mass is 32.2. The fraction of sp³-hybridized carbons (Fsp3) is 0. The normalized spacial score (nSPS) is 11.1. The monoisotopic (exact) mass is 327 g/mol. The van der Waals surface area contributed by atoms with Crippen LogP contribution in [0.2, 0.25) is 0 Å². The molecule has 3 aromatic rings. The zero-order valence-corrected chi connectivity index (χ0v) is 12.6. The van der Waals surface area contributed by atoms with Gasteiger partial charge in [-0.25, -0.2) is 0 Å². The third-order valence-electron chi connectivity index (χ3n) is 3.31. The molecule has 1 N–H and O–H groups in total. The number of phenolic OH excluding ortho intramolecular Hbond substituents is 1. The van der Waals surface area contributed by atoms with Gasteiger partial charge in [0.15, 0.2) is 10.7 Å². The first kappa shape index (κ1) is 14.8. The molecule has 0 saturated heterocycles. The molecule has 0 bridgehead atoms. The highest BCUT2D eigenvalue weighted by Crippen LogP contribution is 2.38. The molecule has 3 rings (SSSR count). The lowest BCUT2D eigenvalue weighted by atomic mass is 10.1. The third kappa shape index (κ3) is 2.67. The Morgan fingerprint density at radius 3 is 2.35 bits per heavy atom. The highest BCUT2D eigenvalue weighted by Gasteiger charge is 2.21. The van der Waals surface area contributed by atoms with Gasteiger partial charge in [0, 0.05) is 16.8 Å². The molecule has 6 nitrogen and oxygen atoms in total. The van der Waals surface area contributed by atoms with E-state index in [0.29, 0.717) is 10.8 Å². The number of phenols is 1. The van der Waals surface area contributed by atoms with Crippen LogP contribution in [0.1, 0.15) is 0 Å². The third-order valence-corrected chi connectivity index (χ3v) is 4.56. The van der Waals surface area contributed by atoms with Crippen LogP contribution in [0.5, 0.6) is 11.5 Å².